The van der Waals surface area contributed by atoms with E-state index in [4.69, 9.17) is 5.73 Å². The summed E-state index contributed by atoms with van der Waals surface area (Å²) in [5.74, 6) is -1.32. The molecule has 1 saturated carbocycles. The summed E-state index contributed by atoms with van der Waals surface area (Å²) in [5.41, 5.74) is 5.78. The van der Waals surface area contributed by atoms with E-state index in [-0.39, 0.29) is 11.2 Å². The summed E-state index contributed by atoms with van der Waals surface area (Å²) >= 11 is 0. The van der Waals surface area contributed by atoms with Gasteiger partial charge in [0, 0.05) is 11.6 Å². The molecule has 76 valence electrons. The van der Waals surface area contributed by atoms with Gasteiger partial charge in [0.25, 0.3) is 0 Å². The van der Waals surface area contributed by atoms with E-state index >= 15 is 0 Å². The van der Waals surface area contributed by atoms with Crippen LogP contribution in [0.4, 0.5) is 20.2 Å². The Morgan fingerprint density at radius 3 is 2.57 bits per heavy atom. The van der Waals surface area contributed by atoms with Crippen LogP contribution in [-0.4, -0.2) is 5.54 Å². The molecule has 0 radical (unpaired) electrons. The van der Waals surface area contributed by atoms with Crippen LogP contribution < -0.4 is 11.1 Å². The highest BCUT2D eigenvalue weighted by Crippen LogP contribution is 2.39. The molecule has 4 heteroatoms. The first kappa shape index (κ1) is 9.24. The Kier molecular flexibility index (Phi) is 1.87. The standard InChI is InChI=1S/C10H12F2N2/c1-10(2-3-10)14-8-5-6(11)4-7(12)9(8)13/h4-5,14H,2-3,13H2,1H3. The molecule has 0 spiro atoms. The Hall–Kier alpha value is -1.32. The number of benzene rings is 1. The van der Waals surface area contributed by atoms with Crippen molar-refractivity contribution in [1.82, 2.24) is 0 Å². The molecular weight excluding hydrogens is 186 g/mol. The Bertz CT molecular complexity index is 373. The molecule has 1 aliphatic rings. The van der Waals surface area contributed by atoms with Crippen LogP contribution in [-0.2, 0) is 0 Å². The molecule has 0 atom stereocenters. The fourth-order valence-electron chi connectivity index (χ4n) is 1.33. The van der Waals surface area contributed by atoms with Crippen molar-refractivity contribution in [3.8, 4) is 0 Å². The number of nitrogen functional groups attached to an aromatic ring is 1. The molecule has 14 heavy (non-hydrogen) atoms. The zero-order valence-electron chi connectivity index (χ0n) is 7.90. The molecule has 0 amide bonds. The third-order valence-electron chi connectivity index (χ3n) is 2.53. The lowest BCUT2D eigenvalue weighted by Gasteiger charge is -2.15. The van der Waals surface area contributed by atoms with Gasteiger partial charge in [0.1, 0.15) is 5.82 Å². The van der Waals surface area contributed by atoms with Crippen LogP contribution >= 0.6 is 0 Å². The summed E-state index contributed by atoms with van der Waals surface area (Å²) < 4.78 is 25.9. The van der Waals surface area contributed by atoms with Gasteiger partial charge in [-0.1, -0.05) is 0 Å². The maximum atomic E-state index is 13.0. The van der Waals surface area contributed by atoms with Crippen LogP contribution in [0.25, 0.3) is 0 Å². The van der Waals surface area contributed by atoms with E-state index in [2.05, 4.69) is 5.32 Å². The first-order valence-electron chi connectivity index (χ1n) is 4.53. The molecular formula is C10H12F2N2. The monoisotopic (exact) mass is 198 g/mol. The Labute approximate surface area is 81.1 Å². The number of hydrogen-bond acceptors (Lipinski definition) is 2. The van der Waals surface area contributed by atoms with Crippen LogP contribution in [0.1, 0.15) is 19.8 Å². The number of hydrogen-bond donors (Lipinski definition) is 2. The summed E-state index contributed by atoms with van der Waals surface area (Å²) in [6.45, 7) is 2.00. The molecule has 1 fully saturated rings. The second-order valence-corrected chi connectivity index (χ2v) is 4.03. The van der Waals surface area contributed by atoms with Gasteiger partial charge < -0.3 is 11.1 Å². The number of nitrogens with two attached hydrogens (primary N) is 1. The number of anilines is 2. The first-order valence-corrected chi connectivity index (χ1v) is 4.53. The lowest BCUT2D eigenvalue weighted by molar-refractivity contribution is 0.586. The van der Waals surface area contributed by atoms with Gasteiger partial charge in [-0.2, -0.15) is 0 Å². The minimum Gasteiger partial charge on any atom is -0.395 e. The summed E-state index contributed by atoms with van der Waals surface area (Å²) in [7, 11) is 0. The van der Waals surface area contributed by atoms with Crippen molar-refractivity contribution in [2.75, 3.05) is 11.1 Å². The predicted molar refractivity (Wildman–Crippen MR) is 52.0 cm³/mol. The molecule has 0 saturated heterocycles. The lowest BCUT2D eigenvalue weighted by Crippen LogP contribution is -2.17. The Balaban J connectivity index is 2.32. The smallest absolute Gasteiger partial charge is 0.151 e. The summed E-state index contributed by atoms with van der Waals surface area (Å²) in [6.07, 6.45) is 2.01. The van der Waals surface area contributed by atoms with Crippen LogP contribution in [0, 0.1) is 11.6 Å². The SMILES string of the molecule is CC1(Nc2cc(F)cc(F)c2N)CC1. The molecule has 1 aromatic carbocycles. The second-order valence-electron chi connectivity index (χ2n) is 4.03. The average molecular weight is 198 g/mol. The quantitative estimate of drug-likeness (QED) is 0.716. The third kappa shape index (κ3) is 1.64. The maximum absolute atomic E-state index is 13.0. The minimum absolute atomic E-state index is 0.0143. The molecule has 0 aliphatic heterocycles. The predicted octanol–water partition coefficient (Wildman–Crippen LogP) is 2.51. The first-order chi connectivity index (χ1) is 6.50. The van der Waals surface area contributed by atoms with Crippen molar-refractivity contribution in [3.05, 3.63) is 23.8 Å². The molecule has 2 rings (SSSR count). The van der Waals surface area contributed by atoms with Gasteiger partial charge in [-0.3, -0.25) is 0 Å². The molecule has 2 nitrogen and oxygen atoms in total. The van der Waals surface area contributed by atoms with Crippen molar-refractivity contribution < 1.29 is 8.78 Å². The summed E-state index contributed by atoms with van der Waals surface area (Å²) in [4.78, 5) is 0. The zero-order chi connectivity index (χ0) is 10.3. The van der Waals surface area contributed by atoms with E-state index in [9.17, 15) is 8.78 Å². The van der Waals surface area contributed by atoms with Crippen LogP contribution in [0.2, 0.25) is 0 Å². The molecule has 0 aromatic heterocycles. The van der Waals surface area contributed by atoms with Crippen molar-refractivity contribution in [3.63, 3.8) is 0 Å². The van der Waals surface area contributed by atoms with Gasteiger partial charge in [0.15, 0.2) is 5.82 Å². The molecule has 1 aromatic rings. The molecule has 0 unspecified atom stereocenters. The van der Waals surface area contributed by atoms with Gasteiger partial charge >= 0.3 is 0 Å². The fraction of sp³-hybridized carbons (Fsp3) is 0.400. The van der Waals surface area contributed by atoms with E-state index in [0.29, 0.717) is 5.69 Å². The highest BCUT2D eigenvalue weighted by Gasteiger charge is 2.37. The van der Waals surface area contributed by atoms with E-state index in [1.807, 2.05) is 6.92 Å². The van der Waals surface area contributed by atoms with Gasteiger partial charge in [-0.05, 0) is 25.8 Å². The Morgan fingerprint density at radius 2 is 2.00 bits per heavy atom. The zero-order valence-corrected chi connectivity index (χ0v) is 7.90. The van der Waals surface area contributed by atoms with Crippen molar-refractivity contribution in [1.29, 1.82) is 0 Å². The van der Waals surface area contributed by atoms with E-state index in [1.54, 1.807) is 0 Å². The fourth-order valence-corrected chi connectivity index (χ4v) is 1.33. The van der Waals surface area contributed by atoms with E-state index in [1.165, 1.54) is 6.07 Å². The maximum Gasteiger partial charge on any atom is 0.151 e. The number of nitrogens with one attached hydrogen (secondary N) is 1. The highest BCUT2D eigenvalue weighted by atomic mass is 19.1. The number of halogens is 2. The van der Waals surface area contributed by atoms with Crippen molar-refractivity contribution in [2.45, 2.75) is 25.3 Å². The molecule has 1 aliphatic carbocycles. The minimum atomic E-state index is -0.711. The molecule has 0 bridgehead atoms. The number of rotatable bonds is 2. The molecule has 3 N–H and O–H groups in total. The van der Waals surface area contributed by atoms with Gasteiger partial charge in [-0.25, -0.2) is 8.78 Å². The largest absolute Gasteiger partial charge is 0.395 e. The van der Waals surface area contributed by atoms with E-state index in [0.717, 1.165) is 18.9 Å². The van der Waals surface area contributed by atoms with Crippen molar-refractivity contribution in [2.24, 2.45) is 0 Å². The van der Waals surface area contributed by atoms with Crippen LogP contribution in [0.5, 0.6) is 0 Å². The summed E-state index contributed by atoms with van der Waals surface area (Å²) in [5, 5.41) is 3.04. The Morgan fingerprint density at radius 1 is 1.36 bits per heavy atom. The second kappa shape index (κ2) is 2.83. The topological polar surface area (TPSA) is 38.0 Å². The van der Waals surface area contributed by atoms with Crippen LogP contribution in [0.15, 0.2) is 12.1 Å². The molecule has 0 heterocycles. The van der Waals surface area contributed by atoms with Crippen LogP contribution in [0.3, 0.4) is 0 Å². The highest BCUT2D eigenvalue weighted by molar-refractivity contribution is 5.68. The van der Waals surface area contributed by atoms with Gasteiger partial charge in [0.2, 0.25) is 0 Å². The summed E-state index contributed by atoms with van der Waals surface area (Å²) in [6, 6.07) is 2.01. The lowest BCUT2D eigenvalue weighted by atomic mass is 10.2. The normalized spacial score (nSPS) is 17.9. The van der Waals surface area contributed by atoms with Gasteiger partial charge in [0.05, 0.1) is 11.4 Å². The average Bonchev–Trinajstić information content (AvgIpc) is 2.79. The van der Waals surface area contributed by atoms with E-state index < -0.39 is 11.6 Å². The van der Waals surface area contributed by atoms with Gasteiger partial charge in [-0.15, -0.1) is 0 Å². The van der Waals surface area contributed by atoms with Crippen molar-refractivity contribution >= 4 is 11.4 Å². The third-order valence-corrected chi connectivity index (χ3v) is 2.53.